The Morgan fingerprint density at radius 3 is 2.91 bits per heavy atom. The third-order valence-electron chi connectivity index (χ3n) is 2.82. The molecule has 0 aromatic rings. The molecule has 2 aliphatic rings. The summed E-state index contributed by atoms with van der Waals surface area (Å²) in [5, 5.41) is 9.43. The first-order valence-electron chi connectivity index (χ1n) is 4.27. The molecule has 64 valence electrons. The zero-order valence-corrected chi connectivity index (χ0v) is 6.86. The molecule has 3 nitrogen and oxygen atoms in total. The molecule has 0 radical (unpaired) electrons. The van der Waals surface area contributed by atoms with Gasteiger partial charge < -0.3 is 9.84 Å². The van der Waals surface area contributed by atoms with Crippen LogP contribution in [-0.4, -0.2) is 48.5 Å². The van der Waals surface area contributed by atoms with Gasteiger partial charge in [0.25, 0.3) is 0 Å². The summed E-state index contributed by atoms with van der Waals surface area (Å²) in [6.07, 6.45) is 2.12. The van der Waals surface area contributed by atoms with Crippen LogP contribution in [0.3, 0.4) is 0 Å². The van der Waals surface area contributed by atoms with E-state index in [1.807, 2.05) is 0 Å². The maximum atomic E-state index is 9.43. The van der Waals surface area contributed by atoms with Crippen molar-refractivity contribution < 1.29 is 9.84 Å². The van der Waals surface area contributed by atoms with Gasteiger partial charge in [-0.25, -0.2) is 0 Å². The molecule has 1 saturated heterocycles. The van der Waals surface area contributed by atoms with Gasteiger partial charge in [0.1, 0.15) is 0 Å². The molecule has 1 N–H and O–H groups in total. The molecule has 1 aliphatic heterocycles. The molecule has 11 heavy (non-hydrogen) atoms. The Balaban J connectivity index is 1.76. The second-order valence-electron chi connectivity index (χ2n) is 3.43. The number of likely N-dealkylation sites (tertiary alicyclic amines) is 1. The van der Waals surface area contributed by atoms with Crippen LogP contribution in [0.15, 0.2) is 0 Å². The number of rotatable bonds is 3. The lowest BCUT2D eigenvalue weighted by Gasteiger charge is -2.09. The Kier molecular flexibility index (Phi) is 1.87. The van der Waals surface area contributed by atoms with Gasteiger partial charge in [-0.3, -0.25) is 4.90 Å². The number of fused-ring (bicyclic) bond motifs is 1. The summed E-state index contributed by atoms with van der Waals surface area (Å²) in [5.41, 5.74) is 0. The summed E-state index contributed by atoms with van der Waals surface area (Å²) in [6.45, 7) is 1.78. The molecule has 0 aromatic carbocycles. The van der Waals surface area contributed by atoms with Gasteiger partial charge in [-0.2, -0.15) is 0 Å². The van der Waals surface area contributed by atoms with Crippen LogP contribution in [0.25, 0.3) is 0 Å². The molecule has 1 saturated carbocycles. The zero-order valence-electron chi connectivity index (χ0n) is 6.86. The molecule has 3 heteroatoms. The smallest absolute Gasteiger partial charge is 0.0711 e. The molecular weight excluding hydrogens is 142 g/mol. The highest BCUT2D eigenvalue weighted by Gasteiger charge is 2.55. The number of aliphatic hydroxyl groups excluding tert-OH is 1. The molecule has 0 aromatic heterocycles. The van der Waals surface area contributed by atoms with Crippen LogP contribution in [0, 0.1) is 0 Å². The standard InChI is InChI=1S/C8H15NO2/c1-11-5-4-9-6-2-3-7(10)8(6)9/h6-8,10H,2-5H2,1H3/t6-,7-,8-,9?/m1/s1. The van der Waals surface area contributed by atoms with Crippen LogP contribution < -0.4 is 0 Å². The molecule has 0 spiro atoms. The third-order valence-corrected chi connectivity index (χ3v) is 2.82. The number of nitrogens with zero attached hydrogens (tertiary/aromatic N) is 1. The van der Waals surface area contributed by atoms with Crippen molar-refractivity contribution in [3.8, 4) is 0 Å². The monoisotopic (exact) mass is 157 g/mol. The first-order valence-corrected chi connectivity index (χ1v) is 4.27. The van der Waals surface area contributed by atoms with Gasteiger partial charge in [0.2, 0.25) is 0 Å². The van der Waals surface area contributed by atoms with E-state index in [4.69, 9.17) is 4.74 Å². The van der Waals surface area contributed by atoms with E-state index in [9.17, 15) is 5.11 Å². The van der Waals surface area contributed by atoms with E-state index in [1.165, 1.54) is 6.42 Å². The van der Waals surface area contributed by atoms with E-state index in [-0.39, 0.29) is 6.10 Å². The highest BCUT2D eigenvalue weighted by Crippen LogP contribution is 2.41. The minimum atomic E-state index is -0.0585. The molecular formula is C8H15NO2. The molecule has 1 aliphatic carbocycles. The van der Waals surface area contributed by atoms with Gasteiger partial charge >= 0.3 is 0 Å². The van der Waals surface area contributed by atoms with E-state index >= 15 is 0 Å². The average molecular weight is 157 g/mol. The van der Waals surface area contributed by atoms with Gasteiger partial charge in [0, 0.05) is 19.7 Å². The normalized spacial score (nSPS) is 47.5. The summed E-state index contributed by atoms with van der Waals surface area (Å²) in [4.78, 5) is 2.33. The van der Waals surface area contributed by atoms with Gasteiger partial charge in [0.15, 0.2) is 0 Å². The van der Waals surface area contributed by atoms with Gasteiger partial charge in [-0.05, 0) is 12.8 Å². The first kappa shape index (κ1) is 7.53. The van der Waals surface area contributed by atoms with Crippen molar-refractivity contribution in [3.05, 3.63) is 0 Å². The van der Waals surface area contributed by atoms with Crippen LogP contribution in [0.4, 0.5) is 0 Å². The summed E-state index contributed by atoms with van der Waals surface area (Å²) >= 11 is 0. The van der Waals surface area contributed by atoms with E-state index in [0.29, 0.717) is 12.1 Å². The number of hydrogen-bond donors (Lipinski definition) is 1. The van der Waals surface area contributed by atoms with Gasteiger partial charge in [-0.1, -0.05) is 0 Å². The summed E-state index contributed by atoms with van der Waals surface area (Å²) in [6, 6.07) is 1.16. The molecule has 2 rings (SSSR count). The van der Waals surface area contributed by atoms with E-state index in [2.05, 4.69) is 4.90 Å². The van der Waals surface area contributed by atoms with Crippen molar-refractivity contribution in [2.75, 3.05) is 20.3 Å². The Hall–Kier alpha value is -0.120. The van der Waals surface area contributed by atoms with Crippen molar-refractivity contribution in [2.45, 2.75) is 31.0 Å². The van der Waals surface area contributed by atoms with Crippen LogP contribution in [0.5, 0.6) is 0 Å². The summed E-state index contributed by atoms with van der Waals surface area (Å²) in [7, 11) is 1.72. The zero-order chi connectivity index (χ0) is 7.84. The highest BCUT2D eigenvalue weighted by atomic mass is 16.5. The summed E-state index contributed by atoms with van der Waals surface area (Å²) < 4.78 is 4.97. The molecule has 0 bridgehead atoms. The minimum absolute atomic E-state index is 0.0585. The minimum Gasteiger partial charge on any atom is -0.391 e. The van der Waals surface area contributed by atoms with Crippen molar-refractivity contribution in [1.29, 1.82) is 0 Å². The van der Waals surface area contributed by atoms with Crippen LogP contribution in [0.1, 0.15) is 12.8 Å². The molecule has 4 atom stereocenters. The lowest BCUT2D eigenvalue weighted by Crippen LogP contribution is -2.20. The quantitative estimate of drug-likeness (QED) is 0.578. The van der Waals surface area contributed by atoms with Crippen LogP contribution in [-0.2, 0) is 4.74 Å². The Morgan fingerprint density at radius 1 is 1.55 bits per heavy atom. The van der Waals surface area contributed by atoms with Crippen molar-refractivity contribution >= 4 is 0 Å². The average Bonchev–Trinajstić information content (AvgIpc) is 2.58. The Labute approximate surface area is 66.9 Å². The maximum absolute atomic E-state index is 9.43. The highest BCUT2D eigenvalue weighted by molar-refractivity contribution is 5.10. The second kappa shape index (κ2) is 2.73. The van der Waals surface area contributed by atoms with Crippen molar-refractivity contribution in [1.82, 2.24) is 4.90 Å². The summed E-state index contributed by atoms with van der Waals surface area (Å²) in [5.74, 6) is 0. The maximum Gasteiger partial charge on any atom is 0.0711 e. The van der Waals surface area contributed by atoms with Gasteiger partial charge in [0.05, 0.1) is 18.8 Å². The molecule has 2 fully saturated rings. The number of aliphatic hydroxyl groups is 1. The van der Waals surface area contributed by atoms with Crippen molar-refractivity contribution in [3.63, 3.8) is 0 Å². The van der Waals surface area contributed by atoms with Crippen LogP contribution >= 0.6 is 0 Å². The third kappa shape index (κ3) is 1.17. The number of hydrogen-bond acceptors (Lipinski definition) is 3. The molecule has 0 amide bonds. The predicted octanol–water partition coefficient (Wildman–Crippen LogP) is -0.160. The molecule has 1 unspecified atom stereocenters. The SMILES string of the molecule is COCCN1[C@H]2[C@H](O)CC[C@H]21. The van der Waals surface area contributed by atoms with E-state index < -0.39 is 0 Å². The topological polar surface area (TPSA) is 32.5 Å². The number of methoxy groups -OCH3 is 1. The van der Waals surface area contributed by atoms with Crippen molar-refractivity contribution in [2.24, 2.45) is 0 Å². The lowest BCUT2D eigenvalue weighted by molar-refractivity contribution is 0.131. The predicted molar refractivity (Wildman–Crippen MR) is 41.4 cm³/mol. The fourth-order valence-corrected chi connectivity index (χ4v) is 2.19. The largest absolute Gasteiger partial charge is 0.391 e. The van der Waals surface area contributed by atoms with Gasteiger partial charge in [-0.15, -0.1) is 0 Å². The first-order chi connectivity index (χ1) is 5.34. The fraction of sp³-hybridized carbons (Fsp3) is 1.00. The number of piperidine rings is 1. The van der Waals surface area contributed by atoms with Crippen LogP contribution in [0.2, 0.25) is 0 Å². The number of ether oxygens (including phenoxy) is 1. The fourth-order valence-electron chi connectivity index (χ4n) is 2.19. The Morgan fingerprint density at radius 2 is 2.36 bits per heavy atom. The molecule has 1 heterocycles. The second-order valence-corrected chi connectivity index (χ2v) is 3.43. The van der Waals surface area contributed by atoms with E-state index in [0.717, 1.165) is 19.6 Å². The lowest BCUT2D eigenvalue weighted by atomic mass is 10.3. The van der Waals surface area contributed by atoms with E-state index in [1.54, 1.807) is 7.11 Å². The Bertz CT molecular complexity index is 151.